The molecule has 0 aromatic heterocycles. The zero-order chi connectivity index (χ0) is 10.9. The number of nitrogens with two attached hydrogens (primary N) is 1. The lowest BCUT2D eigenvalue weighted by Gasteiger charge is -2.38. The van der Waals surface area contributed by atoms with E-state index in [-0.39, 0.29) is 5.91 Å². The molecule has 5 nitrogen and oxygen atoms in total. The van der Waals surface area contributed by atoms with Gasteiger partial charge in [0, 0.05) is 25.9 Å². The molecular formula is C10H18N2O3. The summed E-state index contributed by atoms with van der Waals surface area (Å²) in [7, 11) is 0. The highest BCUT2D eigenvalue weighted by Gasteiger charge is 2.40. The second-order valence-electron chi connectivity index (χ2n) is 4.22. The minimum atomic E-state index is -0.413. The fourth-order valence-electron chi connectivity index (χ4n) is 2.14. The Morgan fingerprint density at radius 1 is 1.33 bits per heavy atom. The Balaban J connectivity index is 1.89. The molecule has 1 atom stereocenters. The monoisotopic (exact) mass is 214 g/mol. The summed E-state index contributed by atoms with van der Waals surface area (Å²) in [6.07, 6.45) is 1.51. The van der Waals surface area contributed by atoms with E-state index in [0.29, 0.717) is 26.3 Å². The standard InChI is InChI=1S/C10H18N2O3/c1-8(11)9(13)12-4-2-10(3-5-12)14-6-7-15-10/h8H,2-7,11H2,1H3. The fourth-order valence-corrected chi connectivity index (χ4v) is 2.14. The number of nitrogens with zero attached hydrogens (tertiary/aromatic N) is 1. The van der Waals surface area contributed by atoms with Crippen LogP contribution in [0.1, 0.15) is 19.8 Å². The van der Waals surface area contributed by atoms with E-state index < -0.39 is 11.8 Å². The van der Waals surface area contributed by atoms with Crippen molar-refractivity contribution >= 4 is 5.91 Å². The van der Waals surface area contributed by atoms with Crippen molar-refractivity contribution in [2.45, 2.75) is 31.6 Å². The van der Waals surface area contributed by atoms with E-state index in [1.165, 1.54) is 0 Å². The Hall–Kier alpha value is -0.650. The smallest absolute Gasteiger partial charge is 0.239 e. The van der Waals surface area contributed by atoms with Crippen LogP contribution in [-0.2, 0) is 14.3 Å². The van der Waals surface area contributed by atoms with E-state index in [0.717, 1.165) is 12.8 Å². The fraction of sp³-hybridized carbons (Fsp3) is 0.900. The number of piperidine rings is 1. The van der Waals surface area contributed by atoms with Crippen molar-refractivity contribution in [3.63, 3.8) is 0 Å². The van der Waals surface area contributed by atoms with Gasteiger partial charge in [0.15, 0.2) is 5.79 Å². The maximum Gasteiger partial charge on any atom is 0.239 e. The molecule has 0 radical (unpaired) electrons. The summed E-state index contributed by atoms with van der Waals surface area (Å²) in [5, 5.41) is 0. The van der Waals surface area contributed by atoms with E-state index in [4.69, 9.17) is 15.2 Å². The number of amides is 1. The topological polar surface area (TPSA) is 64.8 Å². The predicted octanol–water partition coefficient (Wildman–Crippen LogP) is -0.301. The summed E-state index contributed by atoms with van der Waals surface area (Å²) in [5.41, 5.74) is 5.56. The molecule has 2 aliphatic heterocycles. The van der Waals surface area contributed by atoms with Gasteiger partial charge >= 0.3 is 0 Å². The Morgan fingerprint density at radius 3 is 2.33 bits per heavy atom. The first-order valence-corrected chi connectivity index (χ1v) is 5.45. The second-order valence-corrected chi connectivity index (χ2v) is 4.22. The molecule has 2 saturated heterocycles. The van der Waals surface area contributed by atoms with E-state index in [1.807, 2.05) is 0 Å². The zero-order valence-electron chi connectivity index (χ0n) is 9.07. The molecule has 2 N–H and O–H groups in total. The van der Waals surface area contributed by atoms with Crippen LogP contribution in [0.5, 0.6) is 0 Å². The van der Waals surface area contributed by atoms with Gasteiger partial charge in [0.1, 0.15) is 0 Å². The van der Waals surface area contributed by atoms with Crippen LogP contribution in [0.25, 0.3) is 0 Å². The van der Waals surface area contributed by atoms with Crippen LogP contribution in [0.3, 0.4) is 0 Å². The summed E-state index contributed by atoms with van der Waals surface area (Å²) in [6.45, 7) is 4.42. The molecule has 2 aliphatic rings. The lowest BCUT2D eigenvalue weighted by molar-refractivity contribution is -0.187. The first-order chi connectivity index (χ1) is 7.13. The summed E-state index contributed by atoms with van der Waals surface area (Å²) >= 11 is 0. The van der Waals surface area contributed by atoms with Crippen molar-refractivity contribution in [3.8, 4) is 0 Å². The maximum absolute atomic E-state index is 11.6. The Labute approximate surface area is 89.5 Å². The highest BCUT2D eigenvalue weighted by molar-refractivity contribution is 5.81. The van der Waals surface area contributed by atoms with Crippen molar-refractivity contribution in [1.82, 2.24) is 4.90 Å². The number of carbonyl (C=O) groups is 1. The number of ether oxygens (including phenoxy) is 2. The number of rotatable bonds is 1. The summed E-state index contributed by atoms with van der Waals surface area (Å²) in [4.78, 5) is 13.4. The summed E-state index contributed by atoms with van der Waals surface area (Å²) in [6, 6.07) is -0.413. The molecule has 0 saturated carbocycles. The van der Waals surface area contributed by atoms with Gasteiger partial charge in [0.2, 0.25) is 5.91 Å². The highest BCUT2D eigenvalue weighted by atomic mass is 16.7. The van der Waals surface area contributed by atoms with Gasteiger partial charge in [-0.3, -0.25) is 4.79 Å². The minimum absolute atomic E-state index is 0.0165. The van der Waals surface area contributed by atoms with E-state index in [2.05, 4.69) is 0 Å². The van der Waals surface area contributed by atoms with Gasteiger partial charge in [-0.25, -0.2) is 0 Å². The minimum Gasteiger partial charge on any atom is -0.347 e. The molecule has 0 aromatic carbocycles. The van der Waals surface area contributed by atoms with Crippen molar-refractivity contribution in [3.05, 3.63) is 0 Å². The number of carbonyl (C=O) groups excluding carboxylic acids is 1. The van der Waals surface area contributed by atoms with E-state index in [9.17, 15) is 4.79 Å². The molecule has 0 aliphatic carbocycles. The van der Waals surface area contributed by atoms with Gasteiger partial charge in [0.05, 0.1) is 19.3 Å². The molecule has 5 heteroatoms. The maximum atomic E-state index is 11.6. The van der Waals surface area contributed by atoms with Gasteiger partial charge in [-0.2, -0.15) is 0 Å². The molecular weight excluding hydrogens is 196 g/mol. The quantitative estimate of drug-likeness (QED) is 0.651. The lowest BCUT2D eigenvalue weighted by atomic mass is 10.0. The van der Waals surface area contributed by atoms with Crippen molar-refractivity contribution in [1.29, 1.82) is 0 Å². The van der Waals surface area contributed by atoms with Gasteiger partial charge in [-0.05, 0) is 6.92 Å². The van der Waals surface area contributed by atoms with Crippen LogP contribution in [0.4, 0.5) is 0 Å². The number of likely N-dealkylation sites (tertiary alicyclic amines) is 1. The lowest BCUT2D eigenvalue weighted by Crippen LogP contribution is -2.51. The van der Waals surface area contributed by atoms with Crippen molar-refractivity contribution in [2.75, 3.05) is 26.3 Å². The third-order valence-electron chi connectivity index (χ3n) is 3.04. The van der Waals surface area contributed by atoms with Crippen LogP contribution in [0, 0.1) is 0 Å². The SMILES string of the molecule is CC(N)C(=O)N1CCC2(CC1)OCCO2. The first-order valence-electron chi connectivity index (χ1n) is 5.45. The normalized spacial score (nSPS) is 26.9. The van der Waals surface area contributed by atoms with E-state index >= 15 is 0 Å². The molecule has 0 bridgehead atoms. The molecule has 2 fully saturated rings. The van der Waals surface area contributed by atoms with Crippen LogP contribution >= 0.6 is 0 Å². The van der Waals surface area contributed by atoms with Gasteiger partial charge in [-0.1, -0.05) is 0 Å². The Bertz CT molecular complexity index is 239. The van der Waals surface area contributed by atoms with Crippen molar-refractivity contribution in [2.24, 2.45) is 5.73 Å². The molecule has 15 heavy (non-hydrogen) atoms. The highest BCUT2D eigenvalue weighted by Crippen LogP contribution is 2.31. The molecule has 2 rings (SSSR count). The average molecular weight is 214 g/mol. The first kappa shape index (κ1) is 10.9. The van der Waals surface area contributed by atoms with Gasteiger partial charge < -0.3 is 20.1 Å². The number of hydrogen-bond acceptors (Lipinski definition) is 4. The summed E-state index contributed by atoms with van der Waals surface area (Å²) in [5.74, 6) is -0.392. The van der Waals surface area contributed by atoms with Crippen LogP contribution in [0.2, 0.25) is 0 Å². The molecule has 2 heterocycles. The van der Waals surface area contributed by atoms with Gasteiger partial charge in [0.25, 0.3) is 0 Å². The Kier molecular flexibility index (Phi) is 2.95. The van der Waals surface area contributed by atoms with Crippen LogP contribution < -0.4 is 5.73 Å². The molecule has 1 spiro atoms. The Morgan fingerprint density at radius 2 is 1.87 bits per heavy atom. The molecule has 1 unspecified atom stereocenters. The van der Waals surface area contributed by atoms with Crippen LogP contribution in [0.15, 0.2) is 0 Å². The van der Waals surface area contributed by atoms with Gasteiger partial charge in [-0.15, -0.1) is 0 Å². The third kappa shape index (κ3) is 2.14. The number of hydrogen-bond donors (Lipinski definition) is 1. The zero-order valence-corrected chi connectivity index (χ0v) is 9.07. The molecule has 86 valence electrons. The molecule has 0 aromatic rings. The predicted molar refractivity (Wildman–Crippen MR) is 54.1 cm³/mol. The second kappa shape index (κ2) is 4.08. The van der Waals surface area contributed by atoms with Crippen molar-refractivity contribution < 1.29 is 14.3 Å². The molecule has 1 amide bonds. The van der Waals surface area contributed by atoms with E-state index in [1.54, 1.807) is 11.8 Å². The third-order valence-corrected chi connectivity index (χ3v) is 3.04. The largest absolute Gasteiger partial charge is 0.347 e. The summed E-state index contributed by atoms with van der Waals surface area (Å²) < 4.78 is 11.2. The average Bonchev–Trinajstić information content (AvgIpc) is 2.67. The van der Waals surface area contributed by atoms with Crippen LogP contribution in [-0.4, -0.2) is 48.9 Å².